The lowest BCUT2D eigenvalue weighted by Gasteiger charge is -2.09. The number of benzene rings is 1. The Bertz CT molecular complexity index is 640. The molecule has 1 heterocycles. The maximum atomic E-state index is 12.1. The Labute approximate surface area is 144 Å². The Hall–Kier alpha value is -1.86. The molecule has 0 radical (unpaired) electrons. The van der Waals surface area contributed by atoms with Gasteiger partial charge in [0.2, 0.25) is 0 Å². The molecule has 0 atom stereocenters. The smallest absolute Gasteiger partial charge is 0.344 e. The van der Waals surface area contributed by atoms with E-state index >= 15 is 0 Å². The molecule has 1 fully saturated rings. The third-order valence-electron chi connectivity index (χ3n) is 3.03. The fourth-order valence-corrected chi connectivity index (χ4v) is 3.31. The summed E-state index contributed by atoms with van der Waals surface area (Å²) < 4.78 is 10.7. The van der Waals surface area contributed by atoms with Gasteiger partial charge < -0.3 is 9.47 Å². The fraction of sp³-hybridized carbons (Fsp3) is 0.312. The van der Waals surface area contributed by atoms with Crippen LogP contribution in [0.4, 0.5) is 0 Å². The molecule has 1 aromatic rings. The average Bonchev–Trinajstić information content (AvgIpc) is 2.80. The number of rotatable bonds is 6. The molecule has 1 aliphatic heterocycles. The van der Waals surface area contributed by atoms with Crippen LogP contribution >= 0.6 is 24.0 Å². The number of nitrogens with zero attached hydrogens (tertiary/aromatic N) is 1. The zero-order chi connectivity index (χ0) is 16.8. The highest BCUT2D eigenvalue weighted by atomic mass is 32.2. The van der Waals surface area contributed by atoms with Crippen LogP contribution in [0.25, 0.3) is 6.08 Å². The maximum Gasteiger partial charge on any atom is 0.344 e. The number of thioether (sulfide) groups is 1. The van der Waals surface area contributed by atoms with Crippen LogP contribution in [0.15, 0.2) is 29.2 Å². The highest BCUT2D eigenvalue weighted by molar-refractivity contribution is 8.26. The molecule has 1 aromatic carbocycles. The first-order valence-electron chi connectivity index (χ1n) is 7.19. The zero-order valence-corrected chi connectivity index (χ0v) is 14.5. The van der Waals surface area contributed by atoms with Crippen molar-refractivity contribution in [2.24, 2.45) is 0 Å². The molecular weight excluding hydrogens is 334 g/mol. The lowest BCUT2D eigenvalue weighted by Crippen LogP contribution is -2.27. The van der Waals surface area contributed by atoms with Crippen LogP contribution in [0.1, 0.15) is 19.4 Å². The SMILES string of the molecule is CCOC(=O)COc1ccc(/C=C2\SC(=S)N(CC)C2=O)cc1. The number of amides is 1. The molecule has 2 rings (SSSR count). The van der Waals surface area contributed by atoms with Gasteiger partial charge in [0.15, 0.2) is 6.61 Å². The fourth-order valence-electron chi connectivity index (χ4n) is 1.93. The second kappa shape index (κ2) is 8.12. The second-order valence-electron chi connectivity index (χ2n) is 4.59. The predicted molar refractivity (Wildman–Crippen MR) is 94.1 cm³/mol. The summed E-state index contributed by atoms with van der Waals surface area (Å²) in [5.74, 6) is 0.0984. The lowest BCUT2D eigenvalue weighted by atomic mass is 10.2. The Morgan fingerprint density at radius 3 is 2.57 bits per heavy atom. The molecular formula is C16H17NO4S2. The molecule has 1 aliphatic rings. The van der Waals surface area contributed by atoms with E-state index in [2.05, 4.69) is 0 Å². The molecule has 0 spiro atoms. The predicted octanol–water partition coefficient (Wildman–Crippen LogP) is 2.85. The van der Waals surface area contributed by atoms with Crippen molar-refractivity contribution in [2.45, 2.75) is 13.8 Å². The Balaban J connectivity index is 2.00. The van der Waals surface area contributed by atoms with Gasteiger partial charge in [0.05, 0.1) is 11.5 Å². The normalized spacial score (nSPS) is 16.1. The van der Waals surface area contributed by atoms with Crippen molar-refractivity contribution >= 4 is 46.3 Å². The van der Waals surface area contributed by atoms with Gasteiger partial charge in [-0.15, -0.1) is 0 Å². The van der Waals surface area contributed by atoms with Crippen molar-refractivity contribution in [1.29, 1.82) is 0 Å². The first-order chi connectivity index (χ1) is 11.0. The summed E-state index contributed by atoms with van der Waals surface area (Å²) in [7, 11) is 0. The quantitative estimate of drug-likeness (QED) is 0.446. The number of hydrogen-bond acceptors (Lipinski definition) is 6. The topological polar surface area (TPSA) is 55.8 Å². The number of thiocarbonyl (C=S) groups is 1. The third kappa shape index (κ3) is 4.56. The standard InChI is InChI=1S/C16H17NO4S2/c1-3-17-15(19)13(23-16(17)22)9-11-5-7-12(8-6-11)21-10-14(18)20-4-2/h5-9H,3-4,10H2,1-2H3/b13-9-. The van der Waals surface area contributed by atoms with Gasteiger partial charge in [0.25, 0.3) is 5.91 Å². The van der Waals surface area contributed by atoms with Crippen LogP contribution in [0.2, 0.25) is 0 Å². The second-order valence-corrected chi connectivity index (χ2v) is 6.26. The van der Waals surface area contributed by atoms with Crippen molar-refractivity contribution in [2.75, 3.05) is 19.8 Å². The Morgan fingerprint density at radius 1 is 1.30 bits per heavy atom. The first-order valence-corrected chi connectivity index (χ1v) is 8.41. The van der Waals surface area contributed by atoms with Gasteiger partial charge in [-0.2, -0.15) is 0 Å². The van der Waals surface area contributed by atoms with Gasteiger partial charge in [0, 0.05) is 6.54 Å². The molecule has 5 nitrogen and oxygen atoms in total. The van der Waals surface area contributed by atoms with Gasteiger partial charge in [-0.25, -0.2) is 4.79 Å². The van der Waals surface area contributed by atoms with Crippen LogP contribution in [0, 0.1) is 0 Å². The minimum absolute atomic E-state index is 0.0647. The van der Waals surface area contributed by atoms with E-state index < -0.39 is 5.97 Å². The molecule has 0 N–H and O–H groups in total. The molecule has 122 valence electrons. The van der Waals surface area contributed by atoms with E-state index in [9.17, 15) is 9.59 Å². The van der Waals surface area contributed by atoms with Crippen LogP contribution in [-0.2, 0) is 14.3 Å². The third-order valence-corrected chi connectivity index (χ3v) is 4.41. The van der Waals surface area contributed by atoms with Gasteiger partial charge in [-0.3, -0.25) is 9.69 Å². The van der Waals surface area contributed by atoms with Crippen molar-refractivity contribution < 1.29 is 19.1 Å². The maximum absolute atomic E-state index is 12.1. The average molecular weight is 351 g/mol. The van der Waals surface area contributed by atoms with Crippen molar-refractivity contribution in [3.05, 3.63) is 34.7 Å². The molecule has 7 heteroatoms. The summed E-state index contributed by atoms with van der Waals surface area (Å²) in [5, 5.41) is 0. The molecule has 0 aromatic heterocycles. The zero-order valence-electron chi connectivity index (χ0n) is 12.9. The highest BCUT2D eigenvalue weighted by Crippen LogP contribution is 2.32. The monoisotopic (exact) mass is 351 g/mol. The van der Waals surface area contributed by atoms with E-state index in [-0.39, 0.29) is 12.5 Å². The number of ether oxygens (including phenoxy) is 2. The summed E-state index contributed by atoms with van der Waals surface area (Å²) in [6, 6.07) is 7.12. The van der Waals surface area contributed by atoms with Crippen LogP contribution in [-0.4, -0.2) is 40.9 Å². The minimum Gasteiger partial charge on any atom is -0.482 e. The summed E-state index contributed by atoms with van der Waals surface area (Å²) in [5.41, 5.74) is 0.866. The van der Waals surface area contributed by atoms with Crippen molar-refractivity contribution in [3.8, 4) is 5.75 Å². The molecule has 1 saturated heterocycles. The van der Waals surface area contributed by atoms with E-state index in [1.54, 1.807) is 30.0 Å². The van der Waals surface area contributed by atoms with E-state index in [1.165, 1.54) is 11.8 Å². The van der Waals surface area contributed by atoms with Crippen molar-refractivity contribution in [3.63, 3.8) is 0 Å². The number of hydrogen-bond donors (Lipinski definition) is 0. The van der Waals surface area contributed by atoms with Gasteiger partial charge in [-0.1, -0.05) is 36.1 Å². The first kappa shape index (κ1) is 17.5. The molecule has 1 amide bonds. The number of likely N-dealkylation sites (N-methyl/N-ethyl adjacent to an activating group) is 1. The van der Waals surface area contributed by atoms with E-state index in [0.29, 0.717) is 28.1 Å². The van der Waals surface area contributed by atoms with E-state index in [0.717, 1.165) is 5.56 Å². The van der Waals surface area contributed by atoms with Gasteiger partial charge in [-0.05, 0) is 37.6 Å². The molecule has 23 heavy (non-hydrogen) atoms. The number of carbonyl (C=O) groups excluding carboxylic acids is 2. The minimum atomic E-state index is -0.403. The summed E-state index contributed by atoms with van der Waals surface area (Å²) >= 11 is 6.48. The summed E-state index contributed by atoms with van der Waals surface area (Å²) in [4.78, 5) is 25.5. The number of esters is 1. The van der Waals surface area contributed by atoms with Gasteiger partial charge in [0.1, 0.15) is 10.1 Å². The van der Waals surface area contributed by atoms with Crippen LogP contribution in [0.3, 0.4) is 0 Å². The van der Waals surface area contributed by atoms with Gasteiger partial charge >= 0.3 is 5.97 Å². The lowest BCUT2D eigenvalue weighted by molar-refractivity contribution is -0.145. The summed E-state index contributed by atoms with van der Waals surface area (Å²) in [6.07, 6.45) is 1.80. The molecule has 0 unspecified atom stereocenters. The van der Waals surface area contributed by atoms with Crippen LogP contribution < -0.4 is 4.74 Å². The van der Waals surface area contributed by atoms with Crippen molar-refractivity contribution in [1.82, 2.24) is 4.90 Å². The summed E-state index contributed by atoms with van der Waals surface area (Å²) in [6.45, 7) is 4.42. The molecule has 0 saturated carbocycles. The van der Waals surface area contributed by atoms with E-state index in [4.69, 9.17) is 21.7 Å². The van der Waals surface area contributed by atoms with E-state index in [1.807, 2.05) is 19.1 Å². The molecule has 0 aliphatic carbocycles. The molecule has 0 bridgehead atoms. The van der Waals surface area contributed by atoms with Crippen LogP contribution in [0.5, 0.6) is 5.75 Å². The Morgan fingerprint density at radius 2 is 2.00 bits per heavy atom. The largest absolute Gasteiger partial charge is 0.482 e. The Kier molecular flexibility index (Phi) is 6.18. The highest BCUT2D eigenvalue weighted by Gasteiger charge is 2.30. The number of carbonyl (C=O) groups is 2.